The number of carbonyl (C=O) groups excluding carboxylic acids is 1. The Labute approximate surface area is 173 Å². The van der Waals surface area contributed by atoms with E-state index in [2.05, 4.69) is 5.32 Å². The molecule has 0 saturated heterocycles. The summed E-state index contributed by atoms with van der Waals surface area (Å²) in [6, 6.07) is 3.29. The van der Waals surface area contributed by atoms with E-state index >= 15 is 0 Å². The van der Waals surface area contributed by atoms with Crippen LogP contribution in [0.2, 0.25) is 0 Å². The molecular formula is C25H34FNO2. The first-order valence-electron chi connectivity index (χ1n) is 11.7. The van der Waals surface area contributed by atoms with Crippen LogP contribution in [0.4, 0.5) is 4.39 Å². The second kappa shape index (κ2) is 7.28. The summed E-state index contributed by atoms with van der Waals surface area (Å²) < 4.78 is 21.2. The van der Waals surface area contributed by atoms with Crippen LogP contribution in [0.25, 0.3) is 0 Å². The van der Waals surface area contributed by atoms with E-state index in [1.54, 1.807) is 6.07 Å². The maximum absolute atomic E-state index is 14.9. The third-order valence-corrected chi connectivity index (χ3v) is 8.05. The lowest BCUT2D eigenvalue weighted by Crippen LogP contribution is -2.48. The Bertz CT molecular complexity index is 765. The summed E-state index contributed by atoms with van der Waals surface area (Å²) in [5.41, 5.74) is 1.50. The highest BCUT2D eigenvalue weighted by atomic mass is 19.1. The molecule has 0 spiro atoms. The fourth-order valence-electron chi connectivity index (χ4n) is 6.69. The zero-order chi connectivity index (χ0) is 20.2. The summed E-state index contributed by atoms with van der Waals surface area (Å²) in [6.45, 7) is 4.67. The standard InChI is InChI=1S/C25H34FNO2/c1-3-15(2)27-24(28)21-9-20(19-4-5-19)23(10-22(21)26)29-14-25-11-16-6-17(12-25)8-18(7-16)13-25/h9-10,15-19H,3-8,11-14H2,1-2H3,(H,27,28). The van der Waals surface area contributed by atoms with E-state index in [0.29, 0.717) is 23.7 Å². The average molecular weight is 400 g/mol. The van der Waals surface area contributed by atoms with Crippen LogP contribution in [0.3, 0.4) is 0 Å². The van der Waals surface area contributed by atoms with E-state index in [-0.39, 0.29) is 17.5 Å². The Hall–Kier alpha value is -1.58. The molecule has 29 heavy (non-hydrogen) atoms. The van der Waals surface area contributed by atoms with Crippen molar-refractivity contribution in [2.45, 2.75) is 83.6 Å². The van der Waals surface area contributed by atoms with E-state index < -0.39 is 5.82 Å². The van der Waals surface area contributed by atoms with Crippen molar-refractivity contribution in [3.63, 3.8) is 0 Å². The molecule has 1 atom stereocenters. The average Bonchev–Trinajstić information content (AvgIpc) is 3.50. The van der Waals surface area contributed by atoms with Gasteiger partial charge in [-0.05, 0) is 100 Å². The van der Waals surface area contributed by atoms with Gasteiger partial charge in [0, 0.05) is 17.5 Å². The Morgan fingerprint density at radius 1 is 1.17 bits per heavy atom. The quantitative estimate of drug-likeness (QED) is 0.627. The molecule has 3 nitrogen and oxygen atoms in total. The van der Waals surface area contributed by atoms with Gasteiger partial charge >= 0.3 is 0 Å². The van der Waals surface area contributed by atoms with Crippen LogP contribution < -0.4 is 10.1 Å². The molecule has 6 rings (SSSR count). The highest BCUT2D eigenvalue weighted by Crippen LogP contribution is 2.60. The third kappa shape index (κ3) is 3.80. The second-order valence-corrected chi connectivity index (χ2v) is 10.6. The minimum absolute atomic E-state index is 0.0401. The number of halogens is 1. The molecule has 5 fully saturated rings. The van der Waals surface area contributed by atoms with Crippen molar-refractivity contribution in [1.82, 2.24) is 5.32 Å². The van der Waals surface area contributed by atoms with Gasteiger partial charge in [0.25, 0.3) is 5.91 Å². The number of benzene rings is 1. The molecule has 5 aliphatic rings. The Morgan fingerprint density at radius 2 is 1.79 bits per heavy atom. The van der Waals surface area contributed by atoms with Gasteiger partial charge in [0.2, 0.25) is 0 Å². The first-order valence-corrected chi connectivity index (χ1v) is 11.7. The SMILES string of the molecule is CCC(C)NC(=O)c1cc(C2CC2)c(OCC23CC4CC(CC(C4)C2)C3)cc1F. The Morgan fingerprint density at radius 3 is 2.34 bits per heavy atom. The Balaban J connectivity index is 1.35. The van der Waals surface area contributed by atoms with Crippen LogP contribution in [0.1, 0.15) is 93.5 Å². The van der Waals surface area contributed by atoms with Crippen molar-refractivity contribution < 1.29 is 13.9 Å². The lowest BCUT2D eigenvalue weighted by molar-refractivity contribution is -0.0747. The summed E-state index contributed by atoms with van der Waals surface area (Å²) in [7, 11) is 0. The molecule has 0 radical (unpaired) electrons. The largest absolute Gasteiger partial charge is 0.493 e. The van der Waals surface area contributed by atoms with E-state index in [1.807, 2.05) is 13.8 Å². The van der Waals surface area contributed by atoms with Crippen LogP contribution in [0, 0.1) is 29.0 Å². The topological polar surface area (TPSA) is 38.3 Å². The summed E-state index contributed by atoms with van der Waals surface area (Å²) >= 11 is 0. The van der Waals surface area contributed by atoms with Crippen molar-refractivity contribution in [3.8, 4) is 5.75 Å². The molecule has 158 valence electrons. The minimum Gasteiger partial charge on any atom is -0.493 e. The molecule has 5 saturated carbocycles. The van der Waals surface area contributed by atoms with Crippen LogP contribution in [0.5, 0.6) is 5.75 Å². The van der Waals surface area contributed by atoms with Crippen molar-refractivity contribution in [1.29, 1.82) is 0 Å². The van der Waals surface area contributed by atoms with E-state index in [0.717, 1.165) is 42.6 Å². The second-order valence-electron chi connectivity index (χ2n) is 10.6. The number of ether oxygens (including phenoxy) is 1. The molecule has 0 aliphatic heterocycles. The highest BCUT2D eigenvalue weighted by molar-refractivity contribution is 5.95. The number of rotatable bonds is 7. The molecular weight excluding hydrogens is 365 g/mol. The lowest BCUT2D eigenvalue weighted by Gasteiger charge is -2.56. The molecule has 5 aliphatic carbocycles. The zero-order valence-corrected chi connectivity index (χ0v) is 17.8. The first kappa shape index (κ1) is 19.4. The smallest absolute Gasteiger partial charge is 0.254 e. The zero-order valence-electron chi connectivity index (χ0n) is 17.8. The van der Waals surface area contributed by atoms with Crippen LogP contribution in [0.15, 0.2) is 12.1 Å². The van der Waals surface area contributed by atoms with Crippen molar-refractivity contribution in [2.75, 3.05) is 6.61 Å². The van der Waals surface area contributed by atoms with Gasteiger partial charge in [-0.1, -0.05) is 6.92 Å². The predicted octanol–water partition coefficient (Wildman–Crippen LogP) is 5.83. The first-order chi connectivity index (χ1) is 13.9. The van der Waals surface area contributed by atoms with Gasteiger partial charge in [0.05, 0.1) is 12.2 Å². The van der Waals surface area contributed by atoms with Gasteiger partial charge < -0.3 is 10.1 Å². The highest BCUT2D eigenvalue weighted by Gasteiger charge is 2.51. The van der Waals surface area contributed by atoms with E-state index in [4.69, 9.17) is 4.74 Å². The van der Waals surface area contributed by atoms with Crippen LogP contribution in [-0.2, 0) is 0 Å². The third-order valence-electron chi connectivity index (χ3n) is 8.05. The lowest BCUT2D eigenvalue weighted by atomic mass is 9.50. The van der Waals surface area contributed by atoms with E-state index in [9.17, 15) is 9.18 Å². The van der Waals surface area contributed by atoms with Gasteiger partial charge in [-0.25, -0.2) is 4.39 Å². The van der Waals surface area contributed by atoms with Crippen molar-refractivity contribution >= 4 is 5.91 Å². The molecule has 1 unspecified atom stereocenters. The molecule has 0 heterocycles. The molecule has 1 aromatic rings. The van der Waals surface area contributed by atoms with Gasteiger partial charge in [-0.3, -0.25) is 4.79 Å². The molecule has 1 N–H and O–H groups in total. The minimum atomic E-state index is -0.462. The molecule has 4 heteroatoms. The Kier molecular flexibility index (Phi) is 4.87. The number of amides is 1. The summed E-state index contributed by atoms with van der Waals surface area (Å²) in [5.74, 6) is 2.98. The van der Waals surface area contributed by atoms with Gasteiger partial charge in [-0.15, -0.1) is 0 Å². The normalized spacial score (nSPS) is 33.6. The monoisotopic (exact) mass is 399 g/mol. The fourth-order valence-corrected chi connectivity index (χ4v) is 6.69. The van der Waals surface area contributed by atoms with Gasteiger partial charge in [0.15, 0.2) is 0 Å². The molecule has 1 aromatic carbocycles. The van der Waals surface area contributed by atoms with Crippen molar-refractivity contribution in [3.05, 3.63) is 29.1 Å². The summed E-state index contributed by atoms with van der Waals surface area (Å²) in [4.78, 5) is 12.5. The summed E-state index contributed by atoms with van der Waals surface area (Å²) in [5, 5.41) is 2.89. The number of hydrogen-bond donors (Lipinski definition) is 1. The predicted molar refractivity (Wildman–Crippen MR) is 112 cm³/mol. The van der Waals surface area contributed by atoms with Gasteiger partial charge in [0.1, 0.15) is 11.6 Å². The fraction of sp³-hybridized carbons (Fsp3) is 0.720. The maximum atomic E-state index is 14.9. The molecule has 0 aromatic heterocycles. The summed E-state index contributed by atoms with van der Waals surface area (Å²) in [6.07, 6.45) is 11.1. The number of hydrogen-bond acceptors (Lipinski definition) is 2. The number of nitrogens with one attached hydrogen (secondary N) is 1. The van der Waals surface area contributed by atoms with Crippen LogP contribution in [-0.4, -0.2) is 18.6 Å². The van der Waals surface area contributed by atoms with E-state index in [1.165, 1.54) is 44.6 Å². The van der Waals surface area contributed by atoms with Crippen LogP contribution >= 0.6 is 0 Å². The van der Waals surface area contributed by atoms with Crippen molar-refractivity contribution in [2.24, 2.45) is 23.2 Å². The number of carbonyl (C=O) groups is 1. The molecule has 1 amide bonds. The maximum Gasteiger partial charge on any atom is 0.254 e. The van der Waals surface area contributed by atoms with Gasteiger partial charge in [-0.2, -0.15) is 0 Å². The molecule has 4 bridgehead atoms.